The zero-order valence-electron chi connectivity index (χ0n) is 19.5. The van der Waals surface area contributed by atoms with E-state index in [1.54, 1.807) is 18.2 Å². The van der Waals surface area contributed by atoms with Crippen LogP contribution in [-0.2, 0) is 9.67 Å². The van der Waals surface area contributed by atoms with Gasteiger partial charge in [-0.2, -0.15) is 0 Å². The Morgan fingerprint density at radius 3 is 2.27 bits per heavy atom. The highest BCUT2D eigenvalue weighted by atomic mass is 35.5. The van der Waals surface area contributed by atoms with E-state index < -0.39 is 10.4 Å². The molecule has 182 valence electrons. The minimum absolute atomic E-state index is 0.271. The average Bonchev–Trinajstić information content (AvgIpc) is 3.37. The van der Waals surface area contributed by atoms with Crippen LogP contribution in [0.25, 0.3) is 22.0 Å². The van der Waals surface area contributed by atoms with E-state index in [1.807, 2.05) is 66.0 Å². The molecule has 1 amide bonds. The molecule has 0 saturated heterocycles. The minimum atomic E-state index is -1.27. The number of fused-ring (bicyclic) bond motifs is 2. The number of alkyl halides is 1. The van der Waals surface area contributed by atoms with Crippen LogP contribution >= 0.6 is 22.9 Å². The quantitative estimate of drug-likeness (QED) is 0.255. The van der Waals surface area contributed by atoms with Crippen molar-refractivity contribution < 1.29 is 9.18 Å². The third-order valence-electron chi connectivity index (χ3n) is 7.74. The van der Waals surface area contributed by atoms with Crippen LogP contribution in [-0.4, -0.2) is 16.4 Å². The van der Waals surface area contributed by atoms with Crippen molar-refractivity contribution in [3.63, 3.8) is 0 Å². The van der Waals surface area contributed by atoms with Crippen molar-refractivity contribution in [1.82, 2.24) is 4.98 Å². The van der Waals surface area contributed by atoms with Gasteiger partial charge in [0.15, 0.2) is 5.13 Å². The lowest BCUT2D eigenvalue weighted by Gasteiger charge is -2.54. The van der Waals surface area contributed by atoms with Crippen molar-refractivity contribution >= 4 is 44.7 Å². The lowest BCUT2D eigenvalue weighted by atomic mass is 9.55. The number of aromatic nitrogens is 1. The molecule has 2 bridgehead atoms. The highest BCUT2D eigenvalue weighted by molar-refractivity contribution is 7.14. The first-order valence-electron chi connectivity index (χ1n) is 12.0. The zero-order valence-corrected chi connectivity index (χ0v) is 21.1. The van der Waals surface area contributed by atoms with Crippen LogP contribution in [0.5, 0.6) is 0 Å². The van der Waals surface area contributed by atoms with Gasteiger partial charge in [0.25, 0.3) is 0 Å². The third-order valence-corrected chi connectivity index (χ3v) is 9.04. The fourth-order valence-corrected chi connectivity index (χ4v) is 7.42. The summed E-state index contributed by atoms with van der Waals surface area (Å²) in [6.45, 7) is 0. The number of carbonyl (C=O) groups is 1. The number of halogens is 2. The van der Waals surface area contributed by atoms with Crippen molar-refractivity contribution in [3.8, 4) is 11.3 Å². The maximum atomic E-state index is 14.3. The predicted molar refractivity (Wildman–Crippen MR) is 147 cm³/mol. The van der Waals surface area contributed by atoms with Crippen LogP contribution in [0.15, 0.2) is 90.3 Å². The normalized spacial score (nSPS) is 23.5. The Labute approximate surface area is 221 Å². The Morgan fingerprint density at radius 2 is 1.57 bits per heavy atom. The molecular weight excluding hydrogens is 505 g/mol. The van der Waals surface area contributed by atoms with E-state index in [1.165, 1.54) is 17.4 Å². The Bertz CT molecular complexity index is 1690. The molecule has 0 fully saturated rings. The van der Waals surface area contributed by atoms with E-state index in [0.717, 1.165) is 33.2 Å². The van der Waals surface area contributed by atoms with Gasteiger partial charge in [0.2, 0.25) is 5.91 Å². The summed E-state index contributed by atoms with van der Waals surface area (Å²) in [7, 11) is 0. The molecule has 3 aliphatic carbocycles. The molecule has 0 saturated carbocycles. The summed E-state index contributed by atoms with van der Waals surface area (Å²) in [5.74, 6) is -0.937. The smallest absolute Gasteiger partial charge is 0.247 e. The first kappa shape index (κ1) is 22.6. The number of nitrogens with zero attached hydrogens (tertiary/aromatic N) is 1. The fraction of sp³-hybridized carbons (Fsp3) is 0.133. The summed E-state index contributed by atoms with van der Waals surface area (Å²) in [6.07, 6.45) is 0.271. The highest BCUT2D eigenvalue weighted by Crippen LogP contribution is 2.61. The molecule has 3 N–H and O–H groups in total. The molecule has 5 aromatic rings. The Kier molecular flexibility index (Phi) is 4.86. The molecule has 1 unspecified atom stereocenters. The maximum absolute atomic E-state index is 14.3. The van der Waals surface area contributed by atoms with Crippen LogP contribution in [0.1, 0.15) is 34.6 Å². The van der Waals surface area contributed by atoms with Gasteiger partial charge in [0, 0.05) is 28.7 Å². The summed E-state index contributed by atoms with van der Waals surface area (Å²) in [5.41, 5.74) is 11.2. The monoisotopic (exact) mass is 525 g/mol. The van der Waals surface area contributed by atoms with Gasteiger partial charge in [-0.15, -0.1) is 22.9 Å². The summed E-state index contributed by atoms with van der Waals surface area (Å²) in [4.78, 5) is 17.6. The van der Waals surface area contributed by atoms with Crippen LogP contribution in [0.4, 0.5) is 9.52 Å². The SMILES string of the molecule is NC1(C(=O)Nc2nc(-c3ccc(F)c4ccccc34)cs2)CC2(Cl)c3ccccc3C1c1ccccc12. The lowest BCUT2D eigenvalue weighted by molar-refractivity contribution is -0.122. The van der Waals surface area contributed by atoms with Crippen molar-refractivity contribution in [2.24, 2.45) is 5.73 Å². The summed E-state index contributed by atoms with van der Waals surface area (Å²) >= 11 is 8.65. The van der Waals surface area contributed by atoms with Crippen LogP contribution < -0.4 is 11.1 Å². The number of nitrogens with two attached hydrogens (primary N) is 1. The summed E-state index contributed by atoms with van der Waals surface area (Å²) < 4.78 is 14.3. The van der Waals surface area contributed by atoms with Crippen LogP contribution in [0, 0.1) is 5.82 Å². The van der Waals surface area contributed by atoms with Gasteiger partial charge in [-0.25, -0.2) is 9.37 Å². The van der Waals surface area contributed by atoms with E-state index in [4.69, 9.17) is 17.3 Å². The first-order chi connectivity index (χ1) is 17.9. The molecule has 8 rings (SSSR count). The third kappa shape index (κ3) is 3.16. The molecule has 0 spiro atoms. The number of nitrogens with one attached hydrogen (secondary N) is 1. The Morgan fingerprint density at radius 1 is 0.946 bits per heavy atom. The lowest BCUT2D eigenvalue weighted by Crippen LogP contribution is -2.64. The van der Waals surface area contributed by atoms with Gasteiger partial charge in [-0.05, 0) is 39.8 Å². The van der Waals surface area contributed by atoms with Gasteiger partial charge >= 0.3 is 0 Å². The van der Waals surface area contributed by atoms with Crippen molar-refractivity contribution in [3.05, 3.63) is 118 Å². The van der Waals surface area contributed by atoms with Gasteiger partial charge in [0.05, 0.1) is 10.6 Å². The van der Waals surface area contributed by atoms with E-state index >= 15 is 0 Å². The summed E-state index contributed by atoms with van der Waals surface area (Å²) in [5, 5.41) is 6.57. The highest BCUT2D eigenvalue weighted by Gasteiger charge is 2.60. The number of thiazole rings is 1. The first-order valence-corrected chi connectivity index (χ1v) is 13.3. The molecule has 1 atom stereocenters. The topological polar surface area (TPSA) is 68.0 Å². The van der Waals surface area contributed by atoms with Gasteiger partial charge < -0.3 is 11.1 Å². The van der Waals surface area contributed by atoms with Gasteiger partial charge in [-0.3, -0.25) is 4.79 Å². The van der Waals surface area contributed by atoms with Crippen molar-refractivity contribution in [2.45, 2.75) is 22.8 Å². The second-order valence-corrected chi connectivity index (χ2v) is 11.3. The van der Waals surface area contributed by atoms with Gasteiger partial charge in [0.1, 0.15) is 11.4 Å². The number of benzene rings is 4. The molecule has 4 nitrogen and oxygen atoms in total. The molecule has 0 radical (unpaired) electrons. The average molecular weight is 526 g/mol. The number of hydrogen-bond acceptors (Lipinski definition) is 4. The van der Waals surface area contributed by atoms with Gasteiger partial charge in [-0.1, -0.05) is 72.8 Å². The second kappa shape index (κ2) is 7.96. The molecule has 0 aliphatic heterocycles. The zero-order chi connectivity index (χ0) is 25.4. The molecule has 1 aromatic heterocycles. The van der Waals surface area contributed by atoms with Crippen molar-refractivity contribution in [2.75, 3.05) is 5.32 Å². The molecular formula is C30H21ClFN3OS. The second-order valence-electron chi connectivity index (χ2n) is 9.76. The maximum Gasteiger partial charge on any atom is 0.247 e. The van der Waals surface area contributed by atoms with Crippen molar-refractivity contribution in [1.29, 1.82) is 0 Å². The largest absolute Gasteiger partial charge is 0.316 e. The number of hydrogen-bond donors (Lipinski definition) is 2. The number of anilines is 1. The standard InChI is InChI=1S/C30H21ClFN3OS/c31-29-16-30(33,26(20-9-3-5-11-22(20)29)21-10-4-6-12-23(21)29)27(36)35-28-34-25(15-37-28)19-13-14-24(32)18-8-2-1-7-17(18)19/h1-15,26H,16,33H2,(H,34,35,36). The van der Waals surface area contributed by atoms with E-state index in [0.29, 0.717) is 16.2 Å². The number of amides is 1. The molecule has 1 heterocycles. The van der Waals surface area contributed by atoms with E-state index in [-0.39, 0.29) is 24.1 Å². The Balaban J connectivity index is 1.26. The summed E-state index contributed by atoms with van der Waals surface area (Å²) in [6, 6.07) is 26.4. The molecule has 4 aromatic carbocycles. The number of rotatable bonds is 3. The van der Waals surface area contributed by atoms with Crippen LogP contribution in [0.2, 0.25) is 0 Å². The van der Waals surface area contributed by atoms with E-state index in [9.17, 15) is 9.18 Å². The minimum Gasteiger partial charge on any atom is -0.316 e. The molecule has 7 heteroatoms. The number of carbonyl (C=O) groups excluding carboxylic acids is 1. The Hall–Kier alpha value is -3.58. The fourth-order valence-electron chi connectivity index (χ4n) is 6.15. The molecule has 3 aliphatic rings. The predicted octanol–water partition coefficient (Wildman–Crippen LogP) is 6.77. The van der Waals surface area contributed by atoms with E-state index in [2.05, 4.69) is 10.3 Å². The van der Waals surface area contributed by atoms with Crippen LogP contribution in [0.3, 0.4) is 0 Å². The molecule has 37 heavy (non-hydrogen) atoms.